The second-order valence-corrected chi connectivity index (χ2v) is 7.50. The van der Waals surface area contributed by atoms with E-state index in [-0.39, 0.29) is 0 Å². The van der Waals surface area contributed by atoms with E-state index in [9.17, 15) is 13.2 Å². The number of rotatable bonds is 6. The maximum absolute atomic E-state index is 11.8. The molecule has 1 N–H and O–H groups in total. The summed E-state index contributed by atoms with van der Waals surface area (Å²) in [5.74, 6) is 0.881. The molecule has 2 rings (SSSR count). The van der Waals surface area contributed by atoms with Crippen LogP contribution >= 0.6 is 0 Å². The van der Waals surface area contributed by atoms with Gasteiger partial charge < -0.3 is 4.74 Å². The number of benzene rings is 1. The van der Waals surface area contributed by atoms with Crippen molar-refractivity contribution < 1.29 is 17.9 Å². The standard InChI is InChI=1S/C16H18N2O4S/c1-11(2)23(20,21)18-14-5-7-15(8-6-14)22-16-9-4-13(10-19)12(3)17-16/h4-11,18H,1-3H3. The molecular formula is C16H18N2O4S. The minimum atomic E-state index is -3.37. The molecule has 1 aromatic heterocycles. The Morgan fingerprint density at radius 1 is 1.13 bits per heavy atom. The number of pyridine rings is 1. The third-order valence-electron chi connectivity index (χ3n) is 3.19. The molecule has 0 aliphatic heterocycles. The number of nitrogens with one attached hydrogen (secondary N) is 1. The Morgan fingerprint density at radius 3 is 2.30 bits per heavy atom. The lowest BCUT2D eigenvalue weighted by Crippen LogP contribution is -2.22. The van der Waals surface area contributed by atoms with Gasteiger partial charge >= 0.3 is 0 Å². The third kappa shape index (κ3) is 4.29. The number of nitrogens with zero attached hydrogens (tertiary/aromatic N) is 1. The molecule has 122 valence electrons. The molecule has 6 nitrogen and oxygen atoms in total. The van der Waals surface area contributed by atoms with Crippen molar-refractivity contribution in [1.29, 1.82) is 0 Å². The molecule has 0 spiro atoms. The molecule has 23 heavy (non-hydrogen) atoms. The van der Waals surface area contributed by atoms with Gasteiger partial charge in [0.2, 0.25) is 15.9 Å². The summed E-state index contributed by atoms with van der Waals surface area (Å²) in [5.41, 5.74) is 1.56. The Morgan fingerprint density at radius 2 is 1.78 bits per heavy atom. The largest absolute Gasteiger partial charge is 0.439 e. The number of ether oxygens (including phenoxy) is 1. The highest BCUT2D eigenvalue weighted by atomic mass is 32.2. The van der Waals surface area contributed by atoms with E-state index in [0.29, 0.717) is 28.6 Å². The van der Waals surface area contributed by atoms with Gasteiger partial charge in [-0.3, -0.25) is 9.52 Å². The van der Waals surface area contributed by atoms with Crippen LogP contribution in [-0.4, -0.2) is 24.9 Å². The number of aromatic nitrogens is 1. The molecular weight excluding hydrogens is 316 g/mol. The zero-order valence-electron chi connectivity index (χ0n) is 13.1. The summed E-state index contributed by atoms with van der Waals surface area (Å²) in [6.07, 6.45) is 0.738. The monoisotopic (exact) mass is 334 g/mol. The predicted octanol–water partition coefficient (Wildman–Crippen LogP) is 3.14. The second kappa shape index (κ2) is 6.78. The second-order valence-electron chi connectivity index (χ2n) is 5.26. The topological polar surface area (TPSA) is 85.4 Å². The number of sulfonamides is 1. The maximum Gasteiger partial charge on any atom is 0.235 e. The van der Waals surface area contributed by atoms with Crippen molar-refractivity contribution in [2.24, 2.45) is 0 Å². The van der Waals surface area contributed by atoms with E-state index in [2.05, 4.69) is 9.71 Å². The minimum absolute atomic E-state index is 0.364. The molecule has 2 aromatic rings. The number of aldehydes is 1. The van der Waals surface area contributed by atoms with Gasteiger partial charge in [-0.25, -0.2) is 13.4 Å². The van der Waals surface area contributed by atoms with Crippen molar-refractivity contribution in [1.82, 2.24) is 4.98 Å². The van der Waals surface area contributed by atoms with Gasteiger partial charge in [-0.05, 0) is 51.1 Å². The smallest absolute Gasteiger partial charge is 0.235 e. The zero-order chi connectivity index (χ0) is 17.0. The molecule has 0 radical (unpaired) electrons. The molecule has 0 amide bonds. The van der Waals surface area contributed by atoms with Crippen molar-refractivity contribution >= 4 is 22.0 Å². The summed E-state index contributed by atoms with van der Waals surface area (Å²) in [4.78, 5) is 14.9. The highest BCUT2D eigenvalue weighted by Crippen LogP contribution is 2.23. The van der Waals surface area contributed by atoms with E-state index < -0.39 is 15.3 Å². The Kier molecular flexibility index (Phi) is 5.00. The average Bonchev–Trinajstić information content (AvgIpc) is 2.49. The normalized spacial score (nSPS) is 11.3. The predicted molar refractivity (Wildman–Crippen MR) is 88.6 cm³/mol. The quantitative estimate of drug-likeness (QED) is 0.820. The summed E-state index contributed by atoms with van der Waals surface area (Å²) in [6.45, 7) is 4.94. The lowest BCUT2D eigenvalue weighted by molar-refractivity contribution is 0.112. The fourth-order valence-electron chi connectivity index (χ4n) is 1.72. The third-order valence-corrected chi connectivity index (χ3v) is 4.95. The summed E-state index contributed by atoms with van der Waals surface area (Å²) < 4.78 is 31.7. The number of carbonyl (C=O) groups excluding carboxylic acids is 1. The molecule has 7 heteroatoms. The van der Waals surface area contributed by atoms with Gasteiger partial charge in [0.25, 0.3) is 0 Å². The summed E-state index contributed by atoms with van der Waals surface area (Å²) in [6, 6.07) is 9.75. The van der Waals surface area contributed by atoms with Crippen LogP contribution in [0.2, 0.25) is 0 Å². The SMILES string of the molecule is Cc1nc(Oc2ccc(NS(=O)(=O)C(C)C)cc2)ccc1C=O. The summed E-state index contributed by atoms with van der Waals surface area (Å²) in [7, 11) is -3.37. The first-order valence-electron chi connectivity index (χ1n) is 7.04. The van der Waals surface area contributed by atoms with Gasteiger partial charge in [-0.2, -0.15) is 0 Å². The van der Waals surface area contributed by atoms with Crippen molar-refractivity contribution in [3.8, 4) is 11.6 Å². The molecule has 0 bridgehead atoms. The van der Waals surface area contributed by atoms with Crippen LogP contribution in [0.5, 0.6) is 11.6 Å². The van der Waals surface area contributed by atoms with Gasteiger partial charge in [-0.15, -0.1) is 0 Å². The lowest BCUT2D eigenvalue weighted by Gasteiger charge is -2.11. The number of carbonyl (C=O) groups is 1. The zero-order valence-corrected chi connectivity index (χ0v) is 13.9. The molecule has 0 aliphatic carbocycles. The van der Waals surface area contributed by atoms with E-state index in [1.165, 1.54) is 0 Å². The van der Waals surface area contributed by atoms with Crippen LogP contribution < -0.4 is 9.46 Å². The molecule has 1 aromatic carbocycles. The van der Waals surface area contributed by atoms with Gasteiger partial charge in [0.15, 0.2) is 6.29 Å². The average molecular weight is 334 g/mol. The molecule has 0 unspecified atom stereocenters. The van der Waals surface area contributed by atoms with E-state index in [0.717, 1.165) is 6.29 Å². The number of aryl methyl sites for hydroxylation is 1. The Bertz CT molecular complexity index is 799. The number of hydrogen-bond donors (Lipinski definition) is 1. The van der Waals surface area contributed by atoms with E-state index in [1.54, 1.807) is 57.2 Å². The Balaban J connectivity index is 2.11. The van der Waals surface area contributed by atoms with Crippen LogP contribution in [0.3, 0.4) is 0 Å². The van der Waals surface area contributed by atoms with Crippen molar-refractivity contribution in [2.75, 3.05) is 4.72 Å². The molecule has 0 fully saturated rings. The van der Waals surface area contributed by atoms with E-state index in [1.807, 2.05) is 0 Å². The van der Waals surface area contributed by atoms with E-state index >= 15 is 0 Å². The van der Waals surface area contributed by atoms with Crippen LogP contribution in [0.25, 0.3) is 0 Å². The number of hydrogen-bond acceptors (Lipinski definition) is 5. The first-order chi connectivity index (χ1) is 10.8. The van der Waals surface area contributed by atoms with Crippen LogP contribution in [0.15, 0.2) is 36.4 Å². The van der Waals surface area contributed by atoms with Gasteiger partial charge in [0, 0.05) is 17.3 Å². The molecule has 0 atom stereocenters. The summed E-state index contributed by atoms with van der Waals surface area (Å²) >= 11 is 0. The van der Waals surface area contributed by atoms with Crippen LogP contribution in [0.4, 0.5) is 5.69 Å². The number of anilines is 1. The fourth-order valence-corrected chi connectivity index (χ4v) is 2.42. The lowest BCUT2D eigenvalue weighted by atomic mass is 10.2. The van der Waals surface area contributed by atoms with Crippen LogP contribution in [-0.2, 0) is 10.0 Å². The molecule has 0 saturated heterocycles. The molecule has 0 saturated carbocycles. The summed E-state index contributed by atoms with van der Waals surface area (Å²) in [5, 5.41) is -0.512. The Hall–Kier alpha value is -2.41. The molecule has 0 aliphatic rings. The first kappa shape index (κ1) is 17.0. The Labute approximate surface area is 135 Å². The minimum Gasteiger partial charge on any atom is -0.439 e. The highest BCUT2D eigenvalue weighted by molar-refractivity contribution is 7.93. The van der Waals surface area contributed by atoms with Gasteiger partial charge in [-0.1, -0.05) is 0 Å². The highest BCUT2D eigenvalue weighted by Gasteiger charge is 2.15. The maximum atomic E-state index is 11.8. The van der Waals surface area contributed by atoms with Crippen LogP contribution in [0.1, 0.15) is 29.9 Å². The fraction of sp³-hybridized carbons (Fsp3) is 0.250. The van der Waals surface area contributed by atoms with Crippen molar-refractivity contribution in [2.45, 2.75) is 26.0 Å². The van der Waals surface area contributed by atoms with Gasteiger partial charge in [0.05, 0.1) is 10.9 Å². The van der Waals surface area contributed by atoms with E-state index in [4.69, 9.17) is 4.74 Å². The van der Waals surface area contributed by atoms with Crippen molar-refractivity contribution in [3.05, 3.63) is 47.7 Å². The molecule has 1 heterocycles. The van der Waals surface area contributed by atoms with Gasteiger partial charge in [0.1, 0.15) is 5.75 Å². The van der Waals surface area contributed by atoms with Crippen molar-refractivity contribution in [3.63, 3.8) is 0 Å². The first-order valence-corrected chi connectivity index (χ1v) is 8.59. The van der Waals surface area contributed by atoms with Crippen LogP contribution in [0, 0.1) is 6.92 Å².